The molecule has 1 aromatic rings. The van der Waals surface area contributed by atoms with Crippen LogP contribution in [0.4, 0.5) is 0 Å². The first-order chi connectivity index (χ1) is 9.99. The van der Waals surface area contributed by atoms with Gasteiger partial charge in [0.25, 0.3) is 5.91 Å². The van der Waals surface area contributed by atoms with Crippen LogP contribution in [0.1, 0.15) is 54.0 Å². The molecule has 2 rings (SSSR count). The summed E-state index contributed by atoms with van der Waals surface area (Å²) in [5, 5.41) is 8.95. The van der Waals surface area contributed by atoms with Gasteiger partial charge in [0.2, 0.25) is 0 Å². The molecule has 2 heterocycles. The molecule has 0 radical (unpaired) electrons. The van der Waals surface area contributed by atoms with Crippen molar-refractivity contribution in [2.75, 3.05) is 13.1 Å². The molecule has 0 aromatic carbocycles. The molecule has 1 aliphatic heterocycles. The van der Waals surface area contributed by atoms with E-state index in [9.17, 15) is 9.59 Å². The highest BCUT2D eigenvalue weighted by Crippen LogP contribution is 2.25. The summed E-state index contributed by atoms with van der Waals surface area (Å²) >= 11 is 0. The summed E-state index contributed by atoms with van der Waals surface area (Å²) in [5.74, 6) is 0.0964. The monoisotopic (exact) mass is 290 g/mol. The lowest BCUT2D eigenvalue weighted by molar-refractivity contribution is 0.0690. The van der Waals surface area contributed by atoms with Crippen LogP contribution in [0, 0.1) is 11.8 Å². The molecule has 1 fully saturated rings. The van der Waals surface area contributed by atoms with Crippen LogP contribution in [0.3, 0.4) is 0 Å². The van der Waals surface area contributed by atoms with Gasteiger partial charge >= 0.3 is 5.97 Å². The third-order valence-electron chi connectivity index (χ3n) is 4.23. The number of amides is 1. The van der Waals surface area contributed by atoms with Crippen molar-refractivity contribution in [2.24, 2.45) is 11.8 Å². The van der Waals surface area contributed by atoms with Crippen molar-refractivity contribution in [3.8, 4) is 0 Å². The van der Waals surface area contributed by atoms with Gasteiger partial charge < -0.3 is 10.0 Å². The van der Waals surface area contributed by atoms with Crippen molar-refractivity contribution in [3.05, 3.63) is 29.6 Å². The average Bonchev–Trinajstić information content (AvgIpc) is 2.72. The summed E-state index contributed by atoms with van der Waals surface area (Å²) < 4.78 is 0. The van der Waals surface area contributed by atoms with Gasteiger partial charge in [-0.3, -0.25) is 4.79 Å². The van der Waals surface area contributed by atoms with Crippen molar-refractivity contribution in [2.45, 2.75) is 33.1 Å². The lowest BCUT2D eigenvalue weighted by Crippen LogP contribution is -2.32. The Morgan fingerprint density at radius 2 is 2.10 bits per heavy atom. The molecule has 0 spiro atoms. The number of aromatic nitrogens is 1. The van der Waals surface area contributed by atoms with Crippen molar-refractivity contribution < 1.29 is 14.7 Å². The fourth-order valence-corrected chi connectivity index (χ4v) is 2.85. The van der Waals surface area contributed by atoms with E-state index < -0.39 is 5.97 Å². The molecule has 5 nitrogen and oxygen atoms in total. The Kier molecular flexibility index (Phi) is 4.94. The number of nitrogens with zero attached hydrogens (tertiary/aromatic N) is 2. The highest BCUT2D eigenvalue weighted by molar-refractivity contribution is 5.96. The zero-order chi connectivity index (χ0) is 15.4. The number of hydrogen-bond acceptors (Lipinski definition) is 3. The average molecular weight is 290 g/mol. The summed E-state index contributed by atoms with van der Waals surface area (Å²) in [6.07, 6.45) is 4.55. The lowest BCUT2D eigenvalue weighted by Gasteiger charge is -2.21. The second-order valence-electron chi connectivity index (χ2n) is 5.96. The van der Waals surface area contributed by atoms with Crippen molar-refractivity contribution in [3.63, 3.8) is 0 Å². The Morgan fingerprint density at radius 1 is 1.33 bits per heavy atom. The Morgan fingerprint density at radius 3 is 2.76 bits per heavy atom. The minimum atomic E-state index is -1.11. The molecular formula is C16H22N2O3. The van der Waals surface area contributed by atoms with E-state index in [0.717, 1.165) is 32.4 Å². The molecule has 1 saturated heterocycles. The fourth-order valence-electron chi connectivity index (χ4n) is 2.85. The number of carbonyl (C=O) groups is 2. The highest BCUT2D eigenvalue weighted by Gasteiger charge is 2.23. The van der Waals surface area contributed by atoms with Crippen molar-refractivity contribution in [1.82, 2.24) is 9.88 Å². The number of hydrogen-bond donors (Lipinski definition) is 1. The maximum absolute atomic E-state index is 12.5. The first kappa shape index (κ1) is 15.5. The largest absolute Gasteiger partial charge is 0.477 e. The number of aromatic carboxylic acids is 1. The van der Waals surface area contributed by atoms with Crippen LogP contribution in [0.15, 0.2) is 18.3 Å². The van der Waals surface area contributed by atoms with Gasteiger partial charge in [0.05, 0.1) is 0 Å². The second kappa shape index (κ2) is 6.70. The maximum Gasteiger partial charge on any atom is 0.354 e. The maximum atomic E-state index is 12.5. The Labute approximate surface area is 125 Å². The Bertz CT molecular complexity index is 528. The quantitative estimate of drug-likeness (QED) is 0.929. The second-order valence-corrected chi connectivity index (χ2v) is 5.96. The van der Waals surface area contributed by atoms with Gasteiger partial charge in [-0.05, 0) is 43.2 Å². The van der Waals surface area contributed by atoms with E-state index in [1.807, 2.05) is 4.90 Å². The first-order valence-corrected chi connectivity index (χ1v) is 7.47. The van der Waals surface area contributed by atoms with Crippen LogP contribution >= 0.6 is 0 Å². The third kappa shape index (κ3) is 3.80. The smallest absolute Gasteiger partial charge is 0.354 e. The molecule has 0 aliphatic carbocycles. The van der Waals surface area contributed by atoms with Crippen LogP contribution in [0.2, 0.25) is 0 Å². The Balaban J connectivity index is 2.09. The lowest BCUT2D eigenvalue weighted by atomic mass is 9.89. The molecule has 1 unspecified atom stereocenters. The van der Waals surface area contributed by atoms with E-state index in [1.165, 1.54) is 12.3 Å². The summed E-state index contributed by atoms with van der Waals surface area (Å²) in [6, 6.07) is 2.94. The van der Waals surface area contributed by atoms with E-state index in [-0.39, 0.29) is 11.6 Å². The van der Waals surface area contributed by atoms with E-state index in [2.05, 4.69) is 18.8 Å². The van der Waals surface area contributed by atoms with Crippen LogP contribution < -0.4 is 0 Å². The summed E-state index contributed by atoms with van der Waals surface area (Å²) in [4.78, 5) is 29.0. The van der Waals surface area contributed by atoms with Crippen molar-refractivity contribution >= 4 is 11.9 Å². The number of carboxylic acid groups (broad SMARTS) is 1. The number of carbonyl (C=O) groups excluding carboxylic acids is 1. The zero-order valence-corrected chi connectivity index (χ0v) is 12.6. The molecule has 0 saturated carbocycles. The number of rotatable bonds is 3. The molecule has 114 valence electrons. The van der Waals surface area contributed by atoms with Gasteiger partial charge in [0, 0.05) is 24.8 Å². The number of likely N-dealkylation sites (tertiary alicyclic amines) is 1. The SMILES string of the molecule is CC(C)C1CCCN(C(=O)c2ccnc(C(=O)O)c2)CC1. The van der Waals surface area contributed by atoms with Gasteiger partial charge in [-0.25, -0.2) is 9.78 Å². The van der Waals surface area contributed by atoms with Gasteiger partial charge in [0.15, 0.2) is 0 Å². The molecule has 5 heteroatoms. The predicted molar refractivity (Wildman–Crippen MR) is 79.3 cm³/mol. The Hall–Kier alpha value is -1.91. The van der Waals surface area contributed by atoms with Gasteiger partial charge in [-0.1, -0.05) is 13.8 Å². The predicted octanol–water partition coefficient (Wildman–Crippen LogP) is 2.68. The molecule has 1 N–H and O–H groups in total. The summed E-state index contributed by atoms with van der Waals surface area (Å²) in [6.45, 7) is 5.94. The van der Waals surface area contributed by atoms with Crippen LogP contribution in [-0.2, 0) is 0 Å². The molecule has 1 aliphatic rings. The van der Waals surface area contributed by atoms with Crippen LogP contribution in [0.25, 0.3) is 0 Å². The number of carboxylic acids is 1. The molecular weight excluding hydrogens is 268 g/mol. The fraction of sp³-hybridized carbons (Fsp3) is 0.562. The normalized spacial score (nSPS) is 19.4. The van der Waals surface area contributed by atoms with Crippen molar-refractivity contribution in [1.29, 1.82) is 0 Å². The third-order valence-corrected chi connectivity index (χ3v) is 4.23. The topological polar surface area (TPSA) is 70.5 Å². The van der Waals surface area contributed by atoms with Gasteiger partial charge in [0.1, 0.15) is 5.69 Å². The van der Waals surface area contributed by atoms with Gasteiger partial charge in [-0.15, -0.1) is 0 Å². The molecule has 1 atom stereocenters. The van der Waals surface area contributed by atoms with E-state index in [0.29, 0.717) is 17.4 Å². The minimum absolute atomic E-state index is 0.0873. The zero-order valence-electron chi connectivity index (χ0n) is 12.6. The van der Waals surface area contributed by atoms with E-state index in [1.54, 1.807) is 6.07 Å². The van der Waals surface area contributed by atoms with E-state index in [4.69, 9.17) is 5.11 Å². The molecule has 0 bridgehead atoms. The molecule has 1 amide bonds. The molecule has 1 aromatic heterocycles. The standard InChI is InChI=1S/C16H22N2O3/c1-11(2)12-4-3-8-18(9-6-12)15(19)13-5-7-17-14(10-13)16(20)21/h5,7,10-12H,3-4,6,8-9H2,1-2H3,(H,20,21). The van der Waals surface area contributed by atoms with E-state index >= 15 is 0 Å². The minimum Gasteiger partial charge on any atom is -0.477 e. The summed E-state index contributed by atoms with van der Waals surface area (Å²) in [7, 11) is 0. The first-order valence-electron chi connectivity index (χ1n) is 7.47. The van der Waals surface area contributed by atoms with Crippen LogP contribution in [0.5, 0.6) is 0 Å². The van der Waals surface area contributed by atoms with Crippen LogP contribution in [-0.4, -0.2) is 40.0 Å². The number of pyridine rings is 1. The highest BCUT2D eigenvalue weighted by atomic mass is 16.4. The summed E-state index contributed by atoms with van der Waals surface area (Å²) in [5.41, 5.74) is 0.320. The molecule has 21 heavy (non-hydrogen) atoms. The van der Waals surface area contributed by atoms with Gasteiger partial charge in [-0.2, -0.15) is 0 Å².